The third-order valence-electron chi connectivity index (χ3n) is 21.4. The maximum absolute atomic E-state index is 14.7. The number of ether oxygens (including phenoxy) is 6. The molecule has 26 atom stereocenters. The molecule has 81 heavy (non-hydrogen) atoms. The topological polar surface area (TPSA) is 287 Å². The van der Waals surface area contributed by atoms with Crippen LogP contribution in [0.5, 0.6) is 0 Å². The van der Waals surface area contributed by atoms with Gasteiger partial charge < -0.3 is 79.5 Å². The van der Waals surface area contributed by atoms with Crippen LogP contribution in [0.1, 0.15) is 147 Å². The molecule has 9 N–H and O–H groups in total. The molecule has 0 aromatic heterocycles. The Morgan fingerprint density at radius 2 is 1.60 bits per heavy atom. The smallest absolute Gasteiger partial charge is 0.311 e. The molecule has 7 aliphatic rings. The van der Waals surface area contributed by atoms with Gasteiger partial charge in [0.25, 0.3) is 5.91 Å². The number of allylic oxidation sites excluding steroid dienone is 4. The van der Waals surface area contributed by atoms with Crippen molar-refractivity contribution in [1.29, 1.82) is 0 Å². The first-order valence-electron chi connectivity index (χ1n) is 30.2. The van der Waals surface area contributed by atoms with Crippen molar-refractivity contribution in [2.45, 2.75) is 255 Å². The number of carbonyl (C=O) groups excluding carboxylic acids is 3. The molecule has 0 bridgehead atoms. The number of carbonyl (C=O) groups is 3. The molecule has 1 amide bonds. The summed E-state index contributed by atoms with van der Waals surface area (Å²) in [6.07, 6.45) is -4.61. The quantitative estimate of drug-likeness (QED) is 0.0946. The fraction of sp³-hybridized carbons (Fsp3) is 0.885. The van der Waals surface area contributed by atoms with Crippen LogP contribution in [0.25, 0.3) is 0 Å². The lowest BCUT2D eigenvalue weighted by Gasteiger charge is -2.60. The Kier molecular flexibility index (Phi) is 20.4. The van der Waals surface area contributed by atoms with E-state index in [1.165, 1.54) is 14.0 Å². The Morgan fingerprint density at radius 3 is 2.25 bits per heavy atom. The average Bonchev–Trinajstić information content (AvgIpc) is 3.26. The van der Waals surface area contributed by atoms with Gasteiger partial charge in [0, 0.05) is 67.9 Å². The molecule has 3 heterocycles. The van der Waals surface area contributed by atoms with E-state index in [9.17, 15) is 55.2 Å². The lowest BCUT2D eigenvalue weighted by Crippen LogP contribution is -2.64. The van der Waals surface area contributed by atoms with Crippen molar-refractivity contribution < 1.29 is 83.7 Å². The van der Waals surface area contributed by atoms with Crippen molar-refractivity contribution in [2.24, 2.45) is 46.3 Å². The van der Waals surface area contributed by atoms with E-state index < -0.39 is 131 Å². The number of amides is 1. The van der Waals surface area contributed by atoms with Crippen LogP contribution >= 0.6 is 0 Å². The van der Waals surface area contributed by atoms with Crippen molar-refractivity contribution in [1.82, 2.24) is 15.1 Å². The number of aliphatic hydroxyl groups is 8. The Bertz CT molecular complexity index is 2270. The van der Waals surface area contributed by atoms with Gasteiger partial charge in [-0.3, -0.25) is 19.3 Å². The van der Waals surface area contributed by atoms with Crippen LogP contribution < -0.4 is 5.32 Å². The van der Waals surface area contributed by atoms with Crippen LogP contribution in [0.15, 0.2) is 23.8 Å². The molecule has 20 nitrogen and oxygen atoms in total. The number of cyclic esters (lactones) is 1. The zero-order valence-electron chi connectivity index (χ0n) is 51.1. The van der Waals surface area contributed by atoms with Gasteiger partial charge in [0.2, 0.25) is 0 Å². The number of esters is 1. The summed E-state index contributed by atoms with van der Waals surface area (Å²) < 4.78 is 38.2. The highest BCUT2D eigenvalue weighted by molar-refractivity contribution is 6.01. The van der Waals surface area contributed by atoms with E-state index in [-0.39, 0.29) is 93.3 Å². The summed E-state index contributed by atoms with van der Waals surface area (Å²) in [6, 6.07) is -1.16. The monoisotopic (exact) mass is 1150 g/mol. The van der Waals surface area contributed by atoms with E-state index in [2.05, 4.69) is 12.2 Å². The highest BCUT2D eigenvalue weighted by Crippen LogP contribution is 2.67. The zero-order valence-corrected chi connectivity index (χ0v) is 51.1. The summed E-state index contributed by atoms with van der Waals surface area (Å²) in [5.41, 5.74) is -7.16. The number of fused-ring (bicyclic) bond motifs is 5. The second-order valence-electron chi connectivity index (χ2n) is 27.4. The predicted octanol–water partition coefficient (Wildman–Crippen LogP) is 3.15. The number of nitrogens with one attached hydrogen (secondary N) is 1. The standard InChI is InChI=1S/C61H103N3O17/c1-16-44-60(12,74)49(68)36(6)64(25-17-24-62-53(71)51(70)61(75)23-21-41-40-19-18-38-27-39(65)20-22-56(38,8)46(40)43(66)29-57(41,61)9)31-32(2)28-58(10,73)52(81-55-47(67)42(63(13)14)26-33(3)77-55)34(4)48(35(5)54(72)79-44)80-45-30-59(11,76-15)50(69)37(7)78-45/h20,22,27,32-37,40-52,55,66-70,73-75H,16-19,21,23-26,28-31H2,1-15H3,(H,62,71)/t32-,33-,34+,35-,36-,37?,40?,41?,42-,43+,44-,45?,46?,47-,48+,49-,50-,51?,52-,55+,56+,57+,58-,59+,60-,61+/m1/s1. The van der Waals surface area contributed by atoms with Crippen molar-refractivity contribution in [2.75, 3.05) is 40.8 Å². The summed E-state index contributed by atoms with van der Waals surface area (Å²) in [5, 5.41) is 99.8. The van der Waals surface area contributed by atoms with Crippen LogP contribution in [0.2, 0.25) is 0 Å². The molecular formula is C61H103N3O17. The molecule has 7 rings (SSSR count). The average molecular weight is 1150 g/mol. The fourth-order valence-electron chi connectivity index (χ4n) is 16.5. The van der Waals surface area contributed by atoms with E-state index >= 15 is 0 Å². The van der Waals surface area contributed by atoms with Gasteiger partial charge in [-0.1, -0.05) is 46.3 Å². The molecule has 464 valence electrons. The highest BCUT2D eigenvalue weighted by Gasteiger charge is 2.69. The predicted molar refractivity (Wildman–Crippen MR) is 300 cm³/mol. The van der Waals surface area contributed by atoms with E-state index in [4.69, 9.17) is 28.4 Å². The molecule has 0 radical (unpaired) electrons. The molecule has 3 saturated carbocycles. The third-order valence-corrected chi connectivity index (χ3v) is 21.4. The summed E-state index contributed by atoms with van der Waals surface area (Å²) in [5.74, 6) is -4.21. The first-order valence-corrected chi connectivity index (χ1v) is 30.2. The molecule has 0 aromatic rings. The summed E-state index contributed by atoms with van der Waals surface area (Å²) in [7, 11) is 5.21. The second-order valence-corrected chi connectivity index (χ2v) is 27.4. The van der Waals surface area contributed by atoms with Gasteiger partial charge in [-0.05, 0) is 150 Å². The second kappa shape index (κ2) is 25.1. The first-order chi connectivity index (χ1) is 37.6. The minimum atomic E-state index is -2.01. The molecule has 0 spiro atoms. The van der Waals surface area contributed by atoms with E-state index in [1.54, 1.807) is 60.6 Å². The van der Waals surface area contributed by atoms with Gasteiger partial charge in [0.05, 0.1) is 47.6 Å². The molecule has 0 aromatic carbocycles. The first kappa shape index (κ1) is 66.0. The largest absolute Gasteiger partial charge is 0.459 e. The lowest BCUT2D eigenvalue weighted by molar-refractivity contribution is -0.318. The van der Waals surface area contributed by atoms with Crippen LogP contribution in [0.4, 0.5) is 0 Å². The Balaban J connectivity index is 1.13. The van der Waals surface area contributed by atoms with Gasteiger partial charge in [-0.25, -0.2) is 0 Å². The number of hydrogen-bond acceptors (Lipinski definition) is 19. The van der Waals surface area contributed by atoms with Crippen molar-refractivity contribution in [3.05, 3.63) is 23.8 Å². The number of rotatable bonds is 13. The van der Waals surface area contributed by atoms with Crippen molar-refractivity contribution in [3.8, 4) is 0 Å². The fourth-order valence-corrected chi connectivity index (χ4v) is 16.5. The molecule has 6 fully saturated rings. The molecule has 20 heteroatoms. The normalized spacial score (nSPS) is 48.9. The minimum Gasteiger partial charge on any atom is -0.459 e. The van der Waals surface area contributed by atoms with E-state index in [1.807, 2.05) is 50.7 Å². The number of nitrogens with zero attached hydrogens (tertiary/aromatic N) is 2. The summed E-state index contributed by atoms with van der Waals surface area (Å²) in [4.78, 5) is 45.0. The number of aliphatic hydroxyl groups excluding tert-OH is 5. The number of hydrogen-bond donors (Lipinski definition) is 9. The van der Waals surface area contributed by atoms with Crippen molar-refractivity contribution >= 4 is 17.7 Å². The van der Waals surface area contributed by atoms with E-state index in [0.29, 0.717) is 25.7 Å². The van der Waals surface area contributed by atoms with Crippen LogP contribution in [0.3, 0.4) is 0 Å². The van der Waals surface area contributed by atoms with Crippen molar-refractivity contribution in [3.63, 3.8) is 0 Å². The zero-order chi connectivity index (χ0) is 60.3. The SMILES string of the molecule is CC[C@H]1OC(=O)[C@H](C)[C@@H](OC2C[C@](C)(OC)[C@H](O)C(C)O2)[C@H](C)[C@@H](O[C@@H]2O[C@H](C)C[C@@H](N(C)C)[C@H]2O)[C@](C)(O)C[C@@H](C)CN(CCCNC(=O)C(O)[C@@]2(O)CCC3C4CCC5=CC(=O)C=C[C@]5(C)C4[C@@H](O)C[C@@]32C)[C@H](C)[C@@H](O)[C@]1(C)O. The third kappa shape index (κ3) is 12.7. The van der Waals surface area contributed by atoms with Gasteiger partial charge >= 0.3 is 5.97 Å². The molecule has 4 aliphatic carbocycles. The van der Waals surface area contributed by atoms with Gasteiger partial charge in [-0.15, -0.1) is 0 Å². The van der Waals surface area contributed by atoms with Gasteiger partial charge in [-0.2, -0.15) is 0 Å². The Morgan fingerprint density at radius 1 is 0.926 bits per heavy atom. The molecule has 3 aliphatic heterocycles. The Labute approximate surface area is 481 Å². The minimum absolute atomic E-state index is 0.00426. The molecular weight excluding hydrogens is 1050 g/mol. The maximum atomic E-state index is 14.7. The number of methoxy groups -OCH3 is 1. The lowest BCUT2D eigenvalue weighted by atomic mass is 9.46. The summed E-state index contributed by atoms with van der Waals surface area (Å²) >= 11 is 0. The number of likely N-dealkylation sites (N-methyl/N-ethyl adjacent to an activating group) is 1. The van der Waals surface area contributed by atoms with Gasteiger partial charge in [0.1, 0.15) is 35.6 Å². The number of ketones is 1. The molecule has 3 saturated heterocycles. The molecule has 6 unspecified atom stereocenters. The van der Waals surface area contributed by atoms with Crippen LogP contribution in [0, 0.1) is 46.3 Å². The van der Waals surface area contributed by atoms with Gasteiger partial charge in [0.15, 0.2) is 24.5 Å². The van der Waals surface area contributed by atoms with Crippen LogP contribution in [-0.4, -0.2) is 217 Å². The van der Waals surface area contributed by atoms with E-state index in [0.717, 1.165) is 12.0 Å². The summed E-state index contributed by atoms with van der Waals surface area (Å²) in [6.45, 7) is 21.7. The van der Waals surface area contributed by atoms with Crippen LogP contribution in [-0.2, 0) is 42.8 Å². The maximum Gasteiger partial charge on any atom is 0.311 e. The Hall–Kier alpha value is -2.51. The highest BCUT2D eigenvalue weighted by atomic mass is 16.7.